The van der Waals surface area contributed by atoms with Crippen molar-refractivity contribution in [1.82, 2.24) is 15.1 Å². The minimum atomic E-state index is -0.0511. The molecule has 2 aromatic rings. The highest BCUT2D eigenvalue weighted by molar-refractivity contribution is 5.92. The van der Waals surface area contributed by atoms with Crippen LogP contribution in [-0.2, 0) is 0 Å². The van der Waals surface area contributed by atoms with Crippen molar-refractivity contribution in [3.63, 3.8) is 0 Å². The maximum Gasteiger partial charge on any atom is 0.274 e. The maximum atomic E-state index is 12.5. The first-order valence-corrected chi connectivity index (χ1v) is 8.53. The van der Waals surface area contributed by atoms with Gasteiger partial charge in [0.25, 0.3) is 5.91 Å². The molecule has 0 fully saturated rings. The van der Waals surface area contributed by atoms with E-state index in [-0.39, 0.29) is 5.91 Å². The van der Waals surface area contributed by atoms with Crippen molar-refractivity contribution >= 4 is 17.4 Å². The molecule has 0 unspecified atom stereocenters. The van der Waals surface area contributed by atoms with E-state index in [1.54, 1.807) is 6.07 Å². The van der Waals surface area contributed by atoms with Gasteiger partial charge >= 0.3 is 0 Å². The quantitative estimate of drug-likeness (QED) is 0.832. The summed E-state index contributed by atoms with van der Waals surface area (Å²) in [6.45, 7) is 9.73. The third-order valence-corrected chi connectivity index (χ3v) is 3.89. The number of para-hydroxylation sites is 1. The number of amides is 1. The lowest BCUT2D eigenvalue weighted by Gasteiger charge is -2.20. The Morgan fingerprint density at radius 1 is 1.00 bits per heavy atom. The fourth-order valence-electron chi connectivity index (χ4n) is 2.67. The third-order valence-electron chi connectivity index (χ3n) is 3.89. The van der Waals surface area contributed by atoms with Crippen LogP contribution in [0, 0.1) is 13.8 Å². The van der Waals surface area contributed by atoms with E-state index in [1.165, 1.54) is 0 Å². The van der Waals surface area contributed by atoms with E-state index in [9.17, 15) is 4.79 Å². The zero-order valence-electron chi connectivity index (χ0n) is 15.0. The molecule has 0 aliphatic heterocycles. The van der Waals surface area contributed by atoms with Crippen molar-refractivity contribution in [3.05, 3.63) is 47.2 Å². The van der Waals surface area contributed by atoms with Crippen LogP contribution in [-0.4, -0.2) is 34.1 Å². The van der Waals surface area contributed by atoms with E-state index in [0.29, 0.717) is 11.5 Å². The number of rotatable bonds is 7. The number of benzene rings is 1. The highest BCUT2D eigenvalue weighted by Crippen LogP contribution is 2.22. The molecule has 5 nitrogen and oxygen atoms in total. The number of hydrogen-bond donors (Lipinski definition) is 1. The van der Waals surface area contributed by atoms with Gasteiger partial charge in [0.15, 0.2) is 11.5 Å². The summed E-state index contributed by atoms with van der Waals surface area (Å²) in [6, 6.07) is 9.67. The number of aromatic nitrogens is 2. The predicted molar refractivity (Wildman–Crippen MR) is 97.7 cm³/mol. The van der Waals surface area contributed by atoms with Crippen molar-refractivity contribution in [2.24, 2.45) is 0 Å². The molecule has 0 bridgehead atoms. The molecule has 0 aliphatic rings. The van der Waals surface area contributed by atoms with Crippen LogP contribution in [0.2, 0.25) is 0 Å². The lowest BCUT2D eigenvalue weighted by molar-refractivity contribution is 0.0748. The topological polar surface area (TPSA) is 58.1 Å². The minimum Gasteiger partial charge on any atom is -0.338 e. The molecule has 0 atom stereocenters. The fourth-order valence-corrected chi connectivity index (χ4v) is 2.67. The van der Waals surface area contributed by atoms with E-state index in [1.807, 2.05) is 43.0 Å². The normalized spacial score (nSPS) is 10.5. The van der Waals surface area contributed by atoms with Crippen LogP contribution >= 0.6 is 0 Å². The summed E-state index contributed by atoms with van der Waals surface area (Å²) in [7, 11) is 0. The molecule has 1 aromatic carbocycles. The van der Waals surface area contributed by atoms with E-state index in [4.69, 9.17) is 0 Å². The predicted octanol–water partition coefficient (Wildman–Crippen LogP) is 4.10. The van der Waals surface area contributed by atoms with Gasteiger partial charge in [-0.15, -0.1) is 10.2 Å². The molecule has 24 heavy (non-hydrogen) atoms. The molecule has 1 heterocycles. The van der Waals surface area contributed by atoms with Crippen LogP contribution in [0.1, 0.15) is 48.3 Å². The first-order valence-electron chi connectivity index (χ1n) is 8.53. The summed E-state index contributed by atoms with van der Waals surface area (Å²) in [5.74, 6) is 0.589. The molecule has 0 spiro atoms. The molecule has 128 valence electrons. The lowest BCUT2D eigenvalue weighted by atomic mass is 10.1. The summed E-state index contributed by atoms with van der Waals surface area (Å²) in [4.78, 5) is 14.3. The summed E-state index contributed by atoms with van der Waals surface area (Å²) < 4.78 is 0. The lowest BCUT2D eigenvalue weighted by Crippen LogP contribution is -2.33. The Bertz CT molecular complexity index is 656. The van der Waals surface area contributed by atoms with E-state index in [2.05, 4.69) is 29.4 Å². The number of aryl methyl sites for hydroxylation is 2. The summed E-state index contributed by atoms with van der Waals surface area (Å²) in [6.07, 6.45) is 1.87. The summed E-state index contributed by atoms with van der Waals surface area (Å²) in [5.41, 5.74) is 3.72. The molecule has 0 saturated carbocycles. The molecule has 5 heteroatoms. The smallest absolute Gasteiger partial charge is 0.274 e. The summed E-state index contributed by atoms with van der Waals surface area (Å²) >= 11 is 0. The van der Waals surface area contributed by atoms with Crippen LogP contribution < -0.4 is 5.32 Å². The molecule has 0 saturated heterocycles. The number of anilines is 2. The van der Waals surface area contributed by atoms with Crippen molar-refractivity contribution < 1.29 is 4.79 Å². The van der Waals surface area contributed by atoms with Crippen LogP contribution in [0.3, 0.4) is 0 Å². The molecule has 2 rings (SSSR count). The molecular formula is C19H26N4O. The van der Waals surface area contributed by atoms with Gasteiger partial charge in [-0.1, -0.05) is 32.0 Å². The largest absolute Gasteiger partial charge is 0.338 e. The molecule has 1 N–H and O–H groups in total. The van der Waals surface area contributed by atoms with Crippen molar-refractivity contribution in [2.45, 2.75) is 40.5 Å². The van der Waals surface area contributed by atoms with Crippen LogP contribution in [0.5, 0.6) is 0 Å². The second-order valence-corrected chi connectivity index (χ2v) is 5.99. The Morgan fingerprint density at radius 2 is 1.62 bits per heavy atom. The Kier molecular flexibility index (Phi) is 6.29. The molecule has 1 amide bonds. The second-order valence-electron chi connectivity index (χ2n) is 5.99. The van der Waals surface area contributed by atoms with Crippen LogP contribution in [0.25, 0.3) is 0 Å². The second kappa shape index (κ2) is 8.43. The van der Waals surface area contributed by atoms with Crippen molar-refractivity contribution in [3.8, 4) is 0 Å². The van der Waals surface area contributed by atoms with Gasteiger partial charge in [0.2, 0.25) is 0 Å². The first-order chi connectivity index (χ1) is 11.6. The summed E-state index contributed by atoms with van der Waals surface area (Å²) in [5, 5.41) is 11.6. The van der Waals surface area contributed by atoms with Gasteiger partial charge in [-0.25, -0.2) is 0 Å². The van der Waals surface area contributed by atoms with E-state index < -0.39 is 0 Å². The maximum absolute atomic E-state index is 12.5. The van der Waals surface area contributed by atoms with Crippen molar-refractivity contribution in [1.29, 1.82) is 0 Å². The van der Waals surface area contributed by atoms with Gasteiger partial charge in [-0.2, -0.15) is 0 Å². The van der Waals surface area contributed by atoms with Gasteiger partial charge in [0.1, 0.15) is 0 Å². The number of carbonyl (C=O) groups excluding carboxylic acids is 1. The Morgan fingerprint density at radius 3 is 2.12 bits per heavy atom. The zero-order valence-corrected chi connectivity index (χ0v) is 15.0. The van der Waals surface area contributed by atoms with Gasteiger partial charge in [0.05, 0.1) is 0 Å². The number of nitrogens with one attached hydrogen (secondary N) is 1. The van der Waals surface area contributed by atoms with Crippen LogP contribution in [0.15, 0.2) is 30.3 Å². The minimum absolute atomic E-state index is 0.0511. The van der Waals surface area contributed by atoms with Gasteiger partial charge in [0, 0.05) is 18.8 Å². The molecule has 0 radical (unpaired) electrons. The Labute approximate surface area is 144 Å². The number of hydrogen-bond acceptors (Lipinski definition) is 4. The monoisotopic (exact) mass is 326 g/mol. The SMILES string of the molecule is CCCN(CCC)C(=O)c1ccc(Nc2c(C)cccc2C)nn1. The fraction of sp³-hybridized carbons (Fsp3) is 0.421. The third kappa shape index (κ3) is 4.31. The average Bonchev–Trinajstić information content (AvgIpc) is 2.58. The van der Waals surface area contributed by atoms with Gasteiger partial charge in [-0.3, -0.25) is 4.79 Å². The first kappa shape index (κ1) is 17.9. The van der Waals surface area contributed by atoms with E-state index >= 15 is 0 Å². The number of nitrogens with zero attached hydrogens (tertiary/aromatic N) is 3. The Hall–Kier alpha value is -2.43. The molecule has 1 aromatic heterocycles. The highest BCUT2D eigenvalue weighted by atomic mass is 16.2. The Balaban J connectivity index is 2.14. The van der Waals surface area contributed by atoms with Crippen LogP contribution in [0.4, 0.5) is 11.5 Å². The number of carbonyl (C=O) groups is 1. The zero-order chi connectivity index (χ0) is 17.5. The average molecular weight is 326 g/mol. The van der Waals surface area contributed by atoms with Crippen molar-refractivity contribution in [2.75, 3.05) is 18.4 Å². The van der Waals surface area contributed by atoms with E-state index in [0.717, 1.165) is 42.7 Å². The molecule has 0 aliphatic carbocycles. The standard InChI is InChI=1S/C19H26N4O/c1-5-12-23(13-6-2)19(24)16-10-11-17(22-21-16)20-18-14(3)8-7-9-15(18)4/h7-11H,5-6,12-13H2,1-4H3,(H,20,22). The molecular weight excluding hydrogens is 300 g/mol. The van der Waals surface area contributed by atoms with Gasteiger partial charge < -0.3 is 10.2 Å². The highest BCUT2D eigenvalue weighted by Gasteiger charge is 2.16. The van der Waals surface area contributed by atoms with Gasteiger partial charge in [-0.05, 0) is 49.9 Å².